The van der Waals surface area contributed by atoms with E-state index in [4.69, 9.17) is 24.4 Å². The fourth-order valence-corrected chi connectivity index (χ4v) is 8.68. The first-order valence-corrected chi connectivity index (χ1v) is 17.3. The monoisotopic (exact) mass is 658 g/mol. The third-order valence-corrected chi connectivity index (χ3v) is 11.4. The van der Waals surface area contributed by atoms with Gasteiger partial charge in [-0.3, -0.25) is 4.90 Å². The van der Waals surface area contributed by atoms with Gasteiger partial charge in [-0.15, -0.1) is 0 Å². The first-order valence-electron chi connectivity index (χ1n) is 17.3. The van der Waals surface area contributed by atoms with Gasteiger partial charge in [-0.05, 0) is 86.0 Å². The van der Waals surface area contributed by atoms with Gasteiger partial charge in [0.25, 0.3) is 0 Å². The number of nitrogens with zero attached hydrogens (tertiary/aromatic N) is 5. The number of anilines is 1. The second-order valence-corrected chi connectivity index (χ2v) is 14.4. The van der Waals surface area contributed by atoms with Crippen LogP contribution in [-0.4, -0.2) is 93.7 Å². The highest BCUT2D eigenvalue weighted by molar-refractivity contribution is 6.03. The number of likely N-dealkylation sites (tertiary alicyclic amines) is 1. The number of aryl methyl sites for hydroxylation is 1. The third kappa shape index (κ3) is 4.86. The Kier molecular flexibility index (Phi) is 7.14. The van der Waals surface area contributed by atoms with Crippen LogP contribution in [0.15, 0.2) is 24.3 Å². The van der Waals surface area contributed by atoms with Crippen LogP contribution in [-0.2, 0) is 6.42 Å². The minimum Gasteiger partial charge on any atom is -0.508 e. The lowest BCUT2D eigenvalue weighted by atomic mass is 9.94. The molecular formula is C36H40F2N6O4. The Labute approximate surface area is 277 Å². The molecule has 1 saturated carbocycles. The van der Waals surface area contributed by atoms with Gasteiger partial charge in [0.2, 0.25) is 5.88 Å². The lowest BCUT2D eigenvalue weighted by Crippen LogP contribution is -2.60. The lowest BCUT2D eigenvalue weighted by Gasteiger charge is -2.40. The number of benzene rings is 2. The van der Waals surface area contributed by atoms with E-state index in [-0.39, 0.29) is 70.6 Å². The highest BCUT2D eigenvalue weighted by atomic mass is 19.1. The average Bonchev–Trinajstić information content (AvgIpc) is 3.58. The van der Waals surface area contributed by atoms with E-state index in [2.05, 4.69) is 15.1 Å². The molecule has 12 heteroatoms. The molecule has 0 radical (unpaired) electrons. The van der Waals surface area contributed by atoms with E-state index in [1.165, 1.54) is 12.1 Å². The number of ether oxygens (including phenoxy) is 2. The van der Waals surface area contributed by atoms with E-state index in [1.807, 2.05) is 6.92 Å². The molecule has 0 spiro atoms. The van der Waals surface area contributed by atoms with Crippen LogP contribution in [0.4, 0.5) is 14.6 Å². The Balaban J connectivity index is 1.18. The topological polar surface area (TPSA) is 116 Å². The molecule has 4 aliphatic heterocycles. The summed E-state index contributed by atoms with van der Waals surface area (Å²) in [5.41, 5.74) is 0.581. The summed E-state index contributed by atoms with van der Waals surface area (Å²) in [7, 11) is 0. The number of rotatable bonds is 8. The maximum atomic E-state index is 17.1. The summed E-state index contributed by atoms with van der Waals surface area (Å²) in [6, 6.07) is 6.65. The molecule has 9 rings (SSSR count). The van der Waals surface area contributed by atoms with Crippen molar-refractivity contribution < 1.29 is 28.5 Å². The molecule has 48 heavy (non-hydrogen) atoms. The van der Waals surface area contributed by atoms with Gasteiger partial charge >= 0.3 is 6.01 Å². The number of piperazine rings is 1. The van der Waals surface area contributed by atoms with Crippen LogP contribution in [0, 0.1) is 17.0 Å². The predicted octanol–water partition coefficient (Wildman–Crippen LogP) is 4.71. The fourth-order valence-electron chi connectivity index (χ4n) is 8.68. The van der Waals surface area contributed by atoms with Gasteiger partial charge in [-0.1, -0.05) is 13.0 Å². The quantitative estimate of drug-likeness (QED) is 0.246. The van der Waals surface area contributed by atoms with Crippen molar-refractivity contribution in [3.63, 3.8) is 0 Å². The van der Waals surface area contributed by atoms with Crippen molar-refractivity contribution >= 4 is 27.5 Å². The molecule has 252 valence electrons. The van der Waals surface area contributed by atoms with E-state index in [0.717, 1.165) is 51.6 Å². The SMILES string of the molecule is CCc1c(F)ccc2cc(O)cc(-c3nc4c5c(nc(OCC6(CN7CCC[C@H]7CO)CC6)nc5c3F)N3C[C@H]5CC[C@H](N5)[C@H]3CO4)c12. The molecule has 4 aromatic rings. The summed E-state index contributed by atoms with van der Waals surface area (Å²) in [5, 5.41) is 25.8. The zero-order valence-corrected chi connectivity index (χ0v) is 27.0. The molecule has 1 aliphatic carbocycles. The number of halogens is 2. The number of nitrogens with one attached hydrogen (secondary N) is 1. The van der Waals surface area contributed by atoms with Crippen LogP contribution >= 0.6 is 0 Å². The van der Waals surface area contributed by atoms with Gasteiger partial charge in [-0.25, -0.2) is 13.8 Å². The van der Waals surface area contributed by atoms with E-state index in [9.17, 15) is 10.2 Å². The number of hydrogen-bond acceptors (Lipinski definition) is 10. The molecule has 4 fully saturated rings. The molecule has 4 atom stereocenters. The maximum Gasteiger partial charge on any atom is 0.319 e. The maximum absolute atomic E-state index is 17.1. The number of aromatic nitrogens is 3. The first-order chi connectivity index (χ1) is 23.3. The van der Waals surface area contributed by atoms with Crippen LogP contribution < -0.4 is 19.7 Å². The Bertz CT molecular complexity index is 1940. The summed E-state index contributed by atoms with van der Waals surface area (Å²) in [6.45, 7) is 5.21. The normalized spacial score (nSPS) is 25.7. The average molecular weight is 659 g/mol. The number of aliphatic hydroxyl groups is 1. The summed E-state index contributed by atoms with van der Waals surface area (Å²) in [6.07, 6.45) is 6.51. The molecule has 6 heterocycles. The van der Waals surface area contributed by atoms with E-state index in [0.29, 0.717) is 53.7 Å². The highest BCUT2D eigenvalue weighted by Crippen LogP contribution is 2.48. The number of pyridine rings is 1. The van der Waals surface area contributed by atoms with Gasteiger partial charge in [0, 0.05) is 42.2 Å². The minimum absolute atomic E-state index is 0.0252. The van der Waals surface area contributed by atoms with Crippen molar-refractivity contribution in [1.29, 1.82) is 0 Å². The van der Waals surface area contributed by atoms with Crippen LogP contribution in [0.25, 0.3) is 32.9 Å². The molecule has 0 amide bonds. The Morgan fingerprint density at radius 2 is 1.98 bits per heavy atom. The van der Waals surface area contributed by atoms with Gasteiger partial charge in [-0.2, -0.15) is 9.97 Å². The Morgan fingerprint density at radius 3 is 2.79 bits per heavy atom. The molecule has 10 nitrogen and oxygen atoms in total. The second kappa shape index (κ2) is 11.3. The van der Waals surface area contributed by atoms with E-state index >= 15 is 8.78 Å². The summed E-state index contributed by atoms with van der Waals surface area (Å²) < 4.78 is 45.0. The Morgan fingerprint density at radius 1 is 1.10 bits per heavy atom. The van der Waals surface area contributed by atoms with Crippen LogP contribution in [0.5, 0.6) is 17.6 Å². The standard InChI is InChI=1S/C36H40F2N6O4/c1-2-23-25(37)7-5-19-12-22(46)13-24(28(19)23)31-30(38)32-29-33(44-14-20-6-8-26(39-20)27(44)16-47-34(29)40-31)42-35(41-32)48-18-36(9-10-36)17-43-11-3-4-21(43)15-45/h5,7,12-13,20-21,26-27,39,45-46H,2-4,6,8-11,14-18H2,1H3/t20-,21+,26+,27-/m1/s1. The van der Waals surface area contributed by atoms with Crippen molar-refractivity contribution in [1.82, 2.24) is 25.2 Å². The van der Waals surface area contributed by atoms with Crippen molar-refractivity contribution in [2.24, 2.45) is 5.41 Å². The van der Waals surface area contributed by atoms with Crippen molar-refractivity contribution in [2.75, 3.05) is 44.4 Å². The van der Waals surface area contributed by atoms with Crippen molar-refractivity contribution in [3.05, 3.63) is 41.5 Å². The first kappa shape index (κ1) is 30.2. The number of hydrogen-bond donors (Lipinski definition) is 3. The predicted molar refractivity (Wildman–Crippen MR) is 177 cm³/mol. The summed E-state index contributed by atoms with van der Waals surface area (Å²) >= 11 is 0. The molecule has 2 aromatic heterocycles. The molecule has 2 aromatic carbocycles. The molecule has 3 saturated heterocycles. The molecule has 2 bridgehead atoms. The van der Waals surface area contributed by atoms with Gasteiger partial charge in [0.1, 0.15) is 40.6 Å². The summed E-state index contributed by atoms with van der Waals surface area (Å²) in [4.78, 5) is 19.0. The number of fused-ring (bicyclic) bond motifs is 6. The van der Waals surface area contributed by atoms with Gasteiger partial charge in [0.05, 0.1) is 19.3 Å². The van der Waals surface area contributed by atoms with E-state index in [1.54, 1.807) is 12.1 Å². The fraction of sp³-hybridized carbons (Fsp3) is 0.528. The van der Waals surface area contributed by atoms with Crippen molar-refractivity contribution in [2.45, 2.75) is 76.0 Å². The molecular weight excluding hydrogens is 618 g/mol. The van der Waals surface area contributed by atoms with Crippen molar-refractivity contribution in [3.8, 4) is 28.9 Å². The van der Waals surface area contributed by atoms with Crippen LogP contribution in [0.1, 0.15) is 51.0 Å². The minimum atomic E-state index is -0.704. The number of phenols is 1. The summed E-state index contributed by atoms with van der Waals surface area (Å²) in [5.74, 6) is -0.427. The zero-order chi connectivity index (χ0) is 32.7. The van der Waals surface area contributed by atoms with Crippen LogP contribution in [0.2, 0.25) is 0 Å². The zero-order valence-electron chi connectivity index (χ0n) is 27.0. The number of aliphatic hydroxyl groups excluding tert-OH is 1. The molecule has 0 unspecified atom stereocenters. The number of phenolic OH excluding ortho intramolecular Hbond substituents is 1. The van der Waals surface area contributed by atoms with Crippen LogP contribution in [0.3, 0.4) is 0 Å². The highest BCUT2D eigenvalue weighted by Gasteiger charge is 2.47. The van der Waals surface area contributed by atoms with Gasteiger partial charge in [0.15, 0.2) is 5.82 Å². The van der Waals surface area contributed by atoms with E-state index < -0.39 is 11.6 Å². The largest absolute Gasteiger partial charge is 0.508 e. The lowest BCUT2D eigenvalue weighted by molar-refractivity contribution is 0.113. The second-order valence-electron chi connectivity index (χ2n) is 14.4. The Hall–Kier alpha value is -3.87. The number of aromatic hydroxyl groups is 1. The third-order valence-electron chi connectivity index (χ3n) is 11.4. The molecule has 5 aliphatic rings. The smallest absolute Gasteiger partial charge is 0.319 e. The van der Waals surface area contributed by atoms with Gasteiger partial charge < -0.3 is 29.9 Å². The molecule has 3 N–H and O–H groups in total.